The van der Waals surface area contributed by atoms with Gasteiger partial charge in [-0.05, 0) is 48.9 Å². The molecule has 0 fully saturated rings. The number of methoxy groups -OCH3 is 1. The van der Waals surface area contributed by atoms with Crippen molar-refractivity contribution in [2.24, 2.45) is 5.73 Å². The second-order valence-electron chi connectivity index (χ2n) is 5.81. The van der Waals surface area contributed by atoms with E-state index in [9.17, 15) is 5.11 Å². The van der Waals surface area contributed by atoms with Crippen molar-refractivity contribution in [1.29, 1.82) is 0 Å². The summed E-state index contributed by atoms with van der Waals surface area (Å²) in [6.07, 6.45) is 3.67. The maximum atomic E-state index is 9.85. The summed E-state index contributed by atoms with van der Waals surface area (Å²) < 4.78 is 11.2. The number of aryl methyl sites for hydroxylation is 1. The van der Waals surface area contributed by atoms with E-state index in [-0.39, 0.29) is 6.54 Å². The van der Waals surface area contributed by atoms with Gasteiger partial charge in [0.1, 0.15) is 0 Å². The molecule has 0 heterocycles. The predicted molar refractivity (Wildman–Crippen MR) is 96.5 cm³/mol. The average Bonchev–Trinajstić information content (AvgIpc) is 2.64. The maximum absolute atomic E-state index is 9.85. The topological polar surface area (TPSA) is 64.7 Å². The molecule has 4 heteroatoms. The van der Waals surface area contributed by atoms with Crippen molar-refractivity contribution in [1.82, 2.24) is 0 Å². The molecule has 1 atom stereocenters. The number of rotatable bonds is 10. The lowest BCUT2D eigenvalue weighted by Gasteiger charge is -2.14. The molecule has 0 aromatic heterocycles. The van der Waals surface area contributed by atoms with Crippen LogP contribution in [0.3, 0.4) is 0 Å². The van der Waals surface area contributed by atoms with E-state index in [1.807, 2.05) is 12.1 Å². The van der Waals surface area contributed by atoms with Gasteiger partial charge in [0.05, 0.1) is 19.8 Å². The van der Waals surface area contributed by atoms with Gasteiger partial charge in [-0.1, -0.05) is 36.4 Å². The lowest BCUT2D eigenvalue weighted by atomic mass is 10.1. The van der Waals surface area contributed by atoms with Crippen molar-refractivity contribution in [3.05, 3.63) is 59.7 Å². The Morgan fingerprint density at radius 2 is 1.79 bits per heavy atom. The van der Waals surface area contributed by atoms with Crippen molar-refractivity contribution in [2.45, 2.75) is 31.8 Å². The average molecular weight is 329 g/mol. The molecule has 2 aromatic rings. The zero-order valence-corrected chi connectivity index (χ0v) is 14.3. The molecule has 1 unspecified atom stereocenters. The Morgan fingerprint density at radius 3 is 2.50 bits per heavy atom. The first-order chi connectivity index (χ1) is 11.7. The van der Waals surface area contributed by atoms with E-state index in [1.165, 1.54) is 5.56 Å². The first-order valence-electron chi connectivity index (χ1n) is 8.47. The number of hydrogen-bond acceptors (Lipinski definition) is 4. The highest BCUT2D eigenvalue weighted by Crippen LogP contribution is 2.30. The van der Waals surface area contributed by atoms with Crippen LogP contribution in [0.4, 0.5) is 0 Å². The molecule has 0 saturated carbocycles. The van der Waals surface area contributed by atoms with Gasteiger partial charge >= 0.3 is 0 Å². The van der Waals surface area contributed by atoms with E-state index in [1.54, 1.807) is 19.2 Å². The quantitative estimate of drug-likeness (QED) is 0.655. The zero-order chi connectivity index (χ0) is 17.2. The van der Waals surface area contributed by atoms with E-state index in [4.69, 9.17) is 15.2 Å². The van der Waals surface area contributed by atoms with Gasteiger partial charge in [0.25, 0.3) is 0 Å². The third-order valence-electron chi connectivity index (χ3n) is 4.01. The fourth-order valence-electron chi connectivity index (χ4n) is 2.58. The number of ether oxygens (including phenoxy) is 2. The van der Waals surface area contributed by atoms with Crippen LogP contribution in [0.15, 0.2) is 48.5 Å². The normalized spacial score (nSPS) is 12.0. The van der Waals surface area contributed by atoms with Crippen LogP contribution in [0.5, 0.6) is 11.5 Å². The minimum absolute atomic E-state index is 0.186. The highest BCUT2D eigenvalue weighted by molar-refractivity contribution is 5.43. The second-order valence-corrected chi connectivity index (χ2v) is 5.81. The zero-order valence-electron chi connectivity index (χ0n) is 14.3. The molecule has 0 aliphatic carbocycles. The molecule has 2 rings (SSSR count). The summed E-state index contributed by atoms with van der Waals surface area (Å²) in [5.74, 6) is 1.33. The number of aliphatic hydroxyl groups excluding tert-OH is 1. The van der Waals surface area contributed by atoms with Crippen molar-refractivity contribution < 1.29 is 14.6 Å². The van der Waals surface area contributed by atoms with Gasteiger partial charge in [-0.2, -0.15) is 0 Å². The number of hydrogen-bond donors (Lipinski definition) is 2. The minimum Gasteiger partial charge on any atom is -0.493 e. The van der Waals surface area contributed by atoms with Gasteiger partial charge in [0.2, 0.25) is 0 Å². The number of aliphatic hydroxyl groups is 1. The van der Waals surface area contributed by atoms with Crippen LogP contribution in [0, 0.1) is 0 Å². The van der Waals surface area contributed by atoms with E-state index < -0.39 is 6.10 Å². The molecule has 0 saturated heterocycles. The number of unbranched alkanes of at least 4 members (excludes halogenated alkanes) is 2. The van der Waals surface area contributed by atoms with Gasteiger partial charge in [-0.25, -0.2) is 0 Å². The Labute approximate surface area is 144 Å². The van der Waals surface area contributed by atoms with Crippen molar-refractivity contribution in [3.8, 4) is 11.5 Å². The molecule has 0 amide bonds. The van der Waals surface area contributed by atoms with Gasteiger partial charge in [0, 0.05) is 6.54 Å². The molecule has 130 valence electrons. The van der Waals surface area contributed by atoms with E-state index in [0.717, 1.165) is 31.2 Å². The van der Waals surface area contributed by atoms with Crippen molar-refractivity contribution >= 4 is 0 Å². The molecule has 2 aromatic carbocycles. The molecule has 0 aliphatic rings. The largest absolute Gasteiger partial charge is 0.493 e. The summed E-state index contributed by atoms with van der Waals surface area (Å²) >= 11 is 0. The monoisotopic (exact) mass is 329 g/mol. The highest BCUT2D eigenvalue weighted by atomic mass is 16.5. The summed E-state index contributed by atoms with van der Waals surface area (Å²) in [6.45, 7) is 0.818. The lowest BCUT2D eigenvalue weighted by Crippen LogP contribution is -2.11. The molecule has 0 radical (unpaired) electrons. The molecule has 0 spiro atoms. The summed E-state index contributed by atoms with van der Waals surface area (Å²) in [4.78, 5) is 0. The fraction of sp³-hybridized carbons (Fsp3) is 0.400. The van der Waals surface area contributed by atoms with Crippen LogP contribution < -0.4 is 15.2 Å². The van der Waals surface area contributed by atoms with Crippen molar-refractivity contribution in [3.63, 3.8) is 0 Å². The number of benzene rings is 2. The van der Waals surface area contributed by atoms with Crippen LogP contribution in [0.1, 0.15) is 36.5 Å². The Balaban J connectivity index is 1.76. The van der Waals surface area contributed by atoms with E-state index >= 15 is 0 Å². The summed E-state index contributed by atoms with van der Waals surface area (Å²) in [5, 5.41) is 9.85. The minimum atomic E-state index is -0.677. The Bertz CT molecular complexity index is 601. The number of nitrogens with two attached hydrogens (primary N) is 1. The Hall–Kier alpha value is -2.04. The molecule has 4 nitrogen and oxygen atoms in total. The molecule has 3 N–H and O–H groups in total. The Morgan fingerprint density at radius 1 is 1.00 bits per heavy atom. The molecule has 24 heavy (non-hydrogen) atoms. The molecule has 0 aliphatic heterocycles. The van der Waals surface area contributed by atoms with E-state index in [2.05, 4.69) is 24.3 Å². The summed E-state index contributed by atoms with van der Waals surface area (Å²) in [6, 6.07) is 15.9. The fourth-order valence-corrected chi connectivity index (χ4v) is 2.58. The maximum Gasteiger partial charge on any atom is 0.161 e. The molecule has 0 bridgehead atoms. The second kappa shape index (κ2) is 9.96. The molecular weight excluding hydrogens is 302 g/mol. The first-order valence-corrected chi connectivity index (χ1v) is 8.47. The van der Waals surface area contributed by atoms with Crippen molar-refractivity contribution in [2.75, 3.05) is 20.3 Å². The predicted octanol–water partition coefficient (Wildman–Crippen LogP) is 3.48. The smallest absolute Gasteiger partial charge is 0.161 e. The first kappa shape index (κ1) is 18.3. The lowest BCUT2D eigenvalue weighted by molar-refractivity contribution is 0.185. The van der Waals surface area contributed by atoms with Crippen LogP contribution in [0.2, 0.25) is 0 Å². The standard InChI is InChI=1S/C20H27NO3/c1-23-19-12-11-17(18(22)15-21)14-20(19)24-13-7-3-6-10-16-8-4-2-5-9-16/h2,4-5,8-9,11-12,14,18,22H,3,6-7,10,13,15,21H2,1H3. The molecular formula is C20H27NO3. The highest BCUT2D eigenvalue weighted by Gasteiger charge is 2.10. The van der Waals surface area contributed by atoms with Crippen LogP contribution in [0.25, 0.3) is 0 Å². The third-order valence-corrected chi connectivity index (χ3v) is 4.01. The van der Waals surface area contributed by atoms with E-state index in [0.29, 0.717) is 18.1 Å². The van der Waals surface area contributed by atoms with Crippen LogP contribution in [-0.4, -0.2) is 25.4 Å². The van der Waals surface area contributed by atoms with Gasteiger partial charge in [-0.15, -0.1) is 0 Å². The summed E-state index contributed by atoms with van der Waals surface area (Å²) in [7, 11) is 1.61. The van der Waals surface area contributed by atoms with Crippen LogP contribution >= 0.6 is 0 Å². The van der Waals surface area contributed by atoms with Gasteiger partial charge < -0.3 is 20.3 Å². The third kappa shape index (κ3) is 5.55. The SMILES string of the molecule is COc1ccc(C(O)CN)cc1OCCCCCc1ccccc1. The summed E-state index contributed by atoms with van der Waals surface area (Å²) in [5.41, 5.74) is 7.63. The Kier molecular flexibility index (Phi) is 7.59. The van der Waals surface area contributed by atoms with Gasteiger partial charge in [0.15, 0.2) is 11.5 Å². The van der Waals surface area contributed by atoms with Crippen LogP contribution in [-0.2, 0) is 6.42 Å². The van der Waals surface area contributed by atoms with Gasteiger partial charge in [-0.3, -0.25) is 0 Å².